The first-order valence-electron chi connectivity index (χ1n) is 5.86. The fraction of sp³-hybridized carbons (Fsp3) is 0.143. The Morgan fingerprint density at radius 3 is 2.55 bits per heavy atom. The lowest BCUT2D eigenvalue weighted by Crippen LogP contribution is -2.22. The summed E-state index contributed by atoms with van der Waals surface area (Å²) in [7, 11) is 0. The molecule has 0 unspecified atom stereocenters. The van der Waals surface area contributed by atoms with Gasteiger partial charge in [0, 0.05) is 11.6 Å². The Morgan fingerprint density at radius 1 is 1.35 bits per heavy atom. The zero-order chi connectivity index (χ0) is 14.7. The molecule has 0 saturated heterocycles. The maximum Gasteiger partial charge on any atom is 0.286 e. The van der Waals surface area contributed by atoms with E-state index < -0.39 is 4.92 Å². The van der Waals surface area contributed by atoms with Crippen molar-refractivity contribution in [1.82, 2.24) is 4.57 Å². The van der Waals surface area contributed by atoms with Crippen molar-refractivity contribution >= 4 is 5.69 Å². The minimum absolute atomic E-state index is 0.115. The molecule has 6 nitrogen and oxygen atoms in total. The van der Waals surface area contributed by atoms with Gasteiger partial charge in [-0.05, 0) is 24.6 Å². The minimum atomic E-state index is -0.526. The molecule has 100 valence electrons. The monoisotopic (exact) mass is 269 g/mol. The number of nitrogens with zero attached hydrogens (tertiary/aromatic N) is 3. The van der Waals surface area contributed by atoms with Gasteiger partial charge in [0.25, 0.3) is 11.2 Å². The molecule has 6 heteroatoms. The van der Waals surface area contributed by atoms with Crippen molar-refractivity contribution in [3.8, 4) is 6.07 Å². The van der Waals surface area contributed by atoms with Crippen LogP contribution in [0.3, 0.4) is 0 Å². The predicted molar refractivity (Wildman–Crippen MR) is 72.4 cm³/mol. The molecule has 20 heavy (non-hydrogen) atoms. The molecule has 0 N–H and O–H groups in total. The fourth-order valence-corrected chi connectivity index (χ4v) is 1.86. The van der Waals surface area contributed by atoms with Gasteiger partial charge >= 0.3 is 0 Å². The van der Waals surface area contributed by atoms with Gasteiger partial charge in [-0.25, -0.2) is 0 Å². The average molecular weight is 269 g/mol. The highest BCUT2D eigenvalue weighted by Gasteiger charge is 2.11. The van der Waals surface area contributed by atoms with E-state index in [1.807, 2.05) is 6.07 Å². The standard InChI is InChI=1S/C14H11N3O3/c1-10-6-13(17(19)20)9-16(14(10)18)8-12-4-2-11(7-15)3-5-12/h2-6,9H,8H2,1H3. The molecule has 0 aliphatic carbocycles. The van der Waals surface area contributed by atoms with Crippen LogP contribution in [0.1, 0.15) is 16.7 Å². The van der Waals surface area contributed by atoms with E-state index in [2.05, 4.69) is 0 Å². The number of aryl methyl sites for hydroxylation is 1. The van der Waals surface area contributed by atoms with Crippen LogP contribution in [0.4, 0.5) is 5.69 Å². The number of rotatable bonds is 3. The summed E-state index contributed by atoms with van der Waals surface area (Å²) in [5, 5.41) is 19.5. The Bertz CT molecular complexity index is 755. The van der Waals surface area contributed by atoms with Crippen molar-refractivity contribution < 1.29 is 4.92 Å². The van der Waals surface area contributed by atoms with Gasteiger partial charge in [-0.2, -0.15) is 5.26 Å². The van der Waals surface area contributed by atoms with Crippen LogP contribution >= 0.6 is 0 Å². The molecule has 1 aromatic carbocycles. The van der Waals surface area contributed by atoms with Crippen molar-refractivity contribution in [3.05, 3.63) is 73.7 Å². The summed E-state index contributed by atoms with van der Waals surface area (Å²) in [6.45, 7) is 1.78. The van der Waals surface area contributed by atoms with E-state index in [4.69, 9.17) is 5.26 Å². The van der Waals surface area contributed by atoms with Crippen LogP contribution in [-0.2, 0) is 6.54 Å². The maximum absolute atomic E-state index is 12.0. The predicted octanol–water partition coefficient (Wildman–Crippen LogP) is 1.98. The molecule has 1 aromatic heterocycles. The van der Waals surface area contributed by atoms with Gasteiger partial charge in [-0.1, -0.05) is 12.1 Å². The summed E-state index contributed by atoms with van der Waals surface area (Å²) in [6, 6.07) is 10.00. The number of aromatic nitrogens is 1. The molecule has 0 spiro atoms. The number of pyridine rings is 1. The van der Waals surface area contributed by atoms with Crippen molar-refractivity contribution in [2.45, 2.75) is 13.5 Å². The van der Waals surface area contributed by atoms with Gasteiger partial charge in [-0.15, -0.1) is 0 Å². The largest absolute Gasteiger partial charge is 0.304 e. The Hall–Kier alpha value is -2.94. The summed E-state index contributed by atoms with van der Waals surface area (Å²) in [6.07, 6.45) is 1.23. The molecule has 0 amide bonds. The second-order valence-electron chi connectivity index (χ2n) is 4.38. The molecule has 1 heterocycles. The van der Waals surface area contributed by atoms with Gasteiger partial charge in [0.15, 0.2) is 0 Å². The maximum atomic E-state index is 12.0. The summed E-state index contributed by atoms with van der Waals surface area (Å²) >= 11 is 0. The summed E-state index contributed by atoms with van der Waals surface area (Å²) in [4.78, 5) is 22.2. The number of hydrogen-bond donors (Lipinski definition) is 0. The smallest absolute Gasteiger partial charge is 0.286 e. The van der Waals surface area contributed by atoms with Gasteiger partial charge < -0.3 is 4.57 Å². The van der Waals surface area contributed by atoms with Crippen LogP contribution in [0, 0.1) is 28.4 Å². The lowest BCUT2D eigenvalue weighted by molar-refractivity contribution is -0.385. The Morgan fingerprint density at radius 2 is 2.00 bits per heavy atom. The zero-order valence-corrected chi connectivity index (χ0v) is 10.7. The van der Waals surface area contributed by atoms with Gasteiger partial charge in [0.2, 0.25) is 0 Å². The second-order valence-corrected chi connectivity index (χ2v) is 4.38. The molecule has 0 saturated carbocycles. The third kappa shape index (κ3) is 2.72. The Labute approximate surface area is 114 Å². The van der Waals surface area contributed by atoms with E-state index in [1.165, 1.54) is 16.8 Å². The van der Waals surface area contributed by atoms with E-state index in [-0.39, 0.29) is 17.8 Å². The number of nitro groups is 1. The van der Waals surface area contributed by atoms with Crippen LogP contribution < -0.4 is 5.56 Å². The molecular weight excluding hydrogens is 258 g/mol. The summed E-state index contributed by atoms with van der Waals surface area (Å²) < 4.78 is 1.30. The fourth-order valence-electron chi connectivity index (χ4n) is 1.86. The van der Waals surface area contributed by atoms with Gasteiger partial charge in [0.1, 0.15) is 0 Å². The summed E-state index contributed by atoms with van der Waals surface area (Å²) in [5.74, 6) is 0. The lowest BCUT2D eigenvalue weighted by Gasteiger charge is -2.07. The van der Waals surface area contributed by atoms with Crippen LogP contribution in [-0.4, -0.2) is 9.49 Å². The molecule has 2 rings (SSSR count). The number of hydrogen-bond acceptors (Lipinski definition) is 4. The quantitative estimate of drug-likeness (QED) is 0.629. The topological polar surface area (TPSA) is 88.9 Å². The average Bonchev–Trinajstić information content (AvgIpc) is 2.44. The van der Waals surface area contributed by atoms with Crippen molar-refractivity contribution in [2.24, 2.45) is 0 Å². The van der Waals surface area contributed by atoms with Gasteiger partial charge in [0.05, 0.1) is 29.3 Å². The molecule has 0 aliphatic rings. The Balaban J connectivity index is 2.39. The van der Waals surface area contributed by atoms with Crippen LogP contribution in [0.5, 0.6) is 0 Å². The van der Waals surface area contributed by atoms with E-state index in [9.17, 15) is 14.9 Å². The molecule has 0 radical (unpaired) electrons. The normalized spacial score (nSPS) is 10.0. The lowest BCUT2D eigenvalue weighted by atomic mass is 10.1. The first-order valence-corrected chi connectivity index (χ1v) is 5.86. The Kier molecular flexibility index (Phi) is 3.62. The molecule has 0 aliphatic heterocycles. The van der Waals surface area contributed by atoms with Crippen LogP contribution in [0.25, 0.3) is 0 Å². The minimum Gasteiger partial charge on any atom is -0.304 e. The highest BCUT2D eigenvalue weighted by molar-refractivity contribution is 5.33. The molecule has 0 bridgehead atoms. The zero-order valence-electron chi connectivity index (χ0n) is 10.7. The first kappa shape index (κ1) is 13.5. The molecule has 0 fully saturated rings. The third-order valence-corrected chi connectivity index (χ3v) is 2.90. The van der Waals surface area contributed by atoms with Crippen molar-refractivity contribution in [1.29, 1.82) is 5.26 Å². The molecule has 2 aromatic rings. The molecule has 0 atom stereocenters. The number of nitriles is 1. The third-order valence-electron chi connectivity index (χ3n) is 2.90. The molecular formula is C14H11N3O3. The van der Waals surface area contributed by atoms with E-state index in [0.717, 1.165) is 5.56 Å². The second kappa shape index (κ2) is 5.36. The van der Waals surface area contributed by atoms with Crippen molar-refractivity contribution in [2.75, 3.05) is 0 Å². The highest BCUT2D eigenvalue weighted by atomic mass is 16.6. The van der Waals surface area contributed by atoms with E-state index >= 15 is 0 Å². The van der Waals surface area contributed by atoms with E-state index in [1.54, 1.807) is 31.2 Å². The van der Waals surface area contributed by atoms with Gasteiger partial charge in [-0.3, -0.25) is 14.9 Å². The highest BCUT2D eigenvalue weighted by Crippen LogP contribution is 2.11. The van der Waals surface area contributed by atoms with E-state index in [0.29, 0.717) is 11.1 Å². The summed E-state index contributed by atoms with van der Waals surface area (Å²) in [5.41, 5.74) is 1.27. The number of benzene rings is 1. The van der Waals surface area contributed by atoms with Crippen molar-refractivity contribution in [3.63, 3.8) is 0 Å². The SMILES string of the molecule is Cc1cc([N+](=O)[O-])cn(Cc2ccc(C#N)cc2)c1=O. The van der Waals surface area contributed by atoms with Crippen LogP contribution in [0.2, 0.25) is 0 Å². The van der Waals surface area contributed by atoms with Crippen LogP contribution in [0.15, 0.2) is 41.3 Å². The first-order chi connectivity index (χ1) is 9.51.